The summed E-state index contributed by atoms with van der Waals surface area (Å²) in [6.45, 7) is 2.44. The van der Waals surface area contributed by atoms with Crippen LogP contribution >= 0.6 is 11.3 Å². The van der Waals surface area contributed by atoms with Crippen LogP contribution in [0.25, 0.3) is 21.5 Å². The fourth-order valence-electron chi connectivity index (χ4n) is 5.06. The van der Waals surface area contributed by atoms with Crippen LogP contribution in [0.5, 0.6) is 11.5 Å². The fourth-order valence-corrected chi connectivity index (χ4v) is 5.95. The van der Waals surface area contributed by atoms with Crippen LogP contribution in [0.15, 0.2) is 42.5 Å². The smallest absolute Gasteiger partial charge is 0.398 e. The van der Waals surface area contributed by atoms with Crippen LogP contribution in [0.3, 0.4) is 0 Å². The number of primary amides is 1. The van der Waals surface area contributed by atoms with Crippen LogP contribution in [0.2, 0.25) is 0 Å². The molecule has 2 aromatic heterocycles. The molecule has 42 heavy (non-hydrogen) atoms. The van der Waals surface area contributed by atoms with E-state index in [1.807, 2.05) is 0 Å². The lowest BCUT2D eigenvalue weighted by molar-refractivity contribution is -0.149. The highest BCUT2D eigenvalue weighted by Crippen LogP contribution is 2.48. The average Bonchev–Trinajstić information content (AvgIpc) is 3.52. The van der Waals surface area contributed by atoms with Crippen LogP contribution < -0.4 is 20.5 Å². The van der Waals surface area contributed by atoms with Gasteiger partial charge in [-0.1, -0.05) is 6.92 Å². The first-order chi connectivity index (χ1) is 19.9. The molecular weight excluding hydrogens is 576 g/mol. The second-order valence-corrected chi connectivity index (χ2v) is 11.2. The summed E-state index contributed by atoms with van der Waals surface area (Å²) >= 11 is 1.32. The lowest BCUT2D eigenvalue weighted by Gasteiger charge is -2.25. The zero-order valence-corrected chi connectivity index (χ0v) is 23.6. The molecule has 2 aromatic carbocycles. The summed E-state index contributed by atoms with van der Waals surface area (Å²) < 4.78 is 69.2. The summed E-state index contributed by atoms with van der Waals surface area (Å²) in [5.41, 5.74) is 5.00. The number of nitrogens with two attached hydrogens (primary N) is 1. The Bertz CT molecular complexity index is 1690. The topological polar surface area (TPSA) is 116 Å². The molecule has 0 aliphatic carbocycles. The molecule has 0 radical (unpaired) electrons. The molecule has 1 aliphatic rings. The maximum absolute atomic E-state index is 14.6. The van der Waals surface area contributed by atoms with Crippen molar-refractivity contribution >= 4 is 33.4 Å². The minimum atomic E-state index is -4.84. The van der Waals surface area contributed by atoms with E-state index >= 15 is 0 Å². The van der Waals surface area contributed by atoms with Gasteiger partial charge < -0.3 is 20.5 Å². The number of amides is 2. The van der Waals surface area contributed by atoms with Crippen molar-refractivity contribution in [2.75, 3.05) is 20.3 Å². The maximum Gasteiger partial charge on any atom is 0.398 e. The first kappa shape index (κ1) is 29.2. The van der Waals surface area contributed by atoms with Crippen molar-refractivity contribution in [3.05, 3.63) is 70.1 Å². The summed E-state index contributed by atoms with van der Waals surface area (Å²) in [6.07, 6.45) is -4.68. The van der Waals surface area contributed by atoms with Gasteiger partial charge in [-0.15, -0.1) is 11.3 Å². The van der Waals surface area contributed by atoms with Crippen molar-refractivity contribution in [1.82, 2.24) is 15.3 Å². The van der Waals surface area contributed by atoms with Crippen LogP contribution in [0.1, 0.15) is 45.9 Å². The van der Waals surface area contributed by atoms with Gasteiger partial charge in [-0.2, -0.15) is 13.2 Å². The number of alkyl halides is 3. The molecule has 0 fully saturated rings. The van der Waals surface area contributed by atoms with Gasteiger partial charge in [0.1, 0.15) is 46.5 Å². The van der Waals surface area contributed by atoms with E-state index in [9.17, 15) is 27.2 Å². The third kappa shape index (κ3) is 5.13. The van der Waals surface area contributed by atoms with E-state index in [1.165, 1.54) is 42.7 Å². The Balaban J connectivity index is 1.56. The zero-order chi connectivity index (χ0) is 30.4. The van der Waals surface area contributed by atoms with Crippen molar-refractivity contribution in [2.24, 2.45) is 5.73 Å². The lowest BCUT2D eigenvalue weighted by atomic mass is 9.78. The van der Waals surface area contributed by atoms with E-state index in [0.717, 1.165) is 17.1 Å². The van der Waals surface area contributed by atoms with Crippen molar-refractivity contribution in [3.8, 4) is 22.8 Å². The van der Waals surface area contributed by atoms with Crippen molar-refractivity contribution in [3.63, 3.8) is 0 Å². The normalized spacial score (nSPS) is 17.0. The molecule has 5 rings (SSSR count). The van der Waals surface area contributed by atoms with E-state index < -0.39 is 47.4 Å². The Labute approximate surface area is 241 Å². The zero-order valence-electron chi connectivity index (χ0n) is 22.8. The molecule has 1 unspecified atom stereocenters. The first-order valence-electron chi connectivity index (χ1n) is 12.9. The molecule has 0 saturated carbocycles. The summed E-state index contributed by atoms with van der Waals surface area (Å²) in [4.78, 5) is 34.3. The van der Waals surface area contributed by atoms with Gasteiger partial charge in [0.15, 0.2) is 0 Å². The minimum Gasteiger partial charge on any atom is -0.494 e. The van der Waals surface area contributed by atoms with Crippen LogP contribution in [-0.2, 0) is 10.2 Å². The third-order valence-electron chi connectivity index (χ3n) is 7.43. The van der Waals surface area contributed by atoms with Crippen LogP contribution in [-0.4, -0.2) is 48.2 Å². The molecule has 2 amide bonds. The van der Waals surface area contributed by atoms with Gasteiger partial charge in [0, 0.05) is 23.2 Å². The SMILES string of the molecule is CC[C@]1(C(N)=O)COc2c1cc(C(CNC(=O)c1cc(OC)c3nc(C)sc3c1)C(F)(F)F)nc2-c1ccc(F)cc1. The van der Waals surface area contributed by atoms with Crippen LogP contribution in [0.4, 0.5) is 17.6 Å². The number of pyridine rings is 1. The highest BCUT2D eigenvalue weighted by molar-refractivity contribution is 7.18. The third-order valence-corrected chi connectivity index (χ3v) is 8.35. The number of carbonyl (C=O) groups is 2. The van der Waals surface area contributed by atoms with Crippen LogP contribution in [0, 0.1) is 12.7 Å². The second kappa shape index (κ2) is 10.9. The number of thiazole rings is 1. The van der Waals surface area contributed by atoms with Gasteiger partial charge in [-0.3, -0.25) is 9.59 Å². The largest absolute Gasteiger partial charge is 0.494 e. The maximum atomic E-state index is 14.6. The minimum absolute atomic E-state index is 0.00963. The predicted molar refractivity (Wildman–Crippen MR) is 148 cm³/mol. The molecular formula is C29H26F4N4O4S. The van der Waals surface area contributed by atoms with Crippen molar-refractivity contribution in [1.29, 1.82) is 0 Å². The number of nitrogens with one attached hydrogen (secondary N) is 1. The Hall–Kier alpha value is -4.26. The highest BCUT2D eigenvalue weighted by Gasteiger charge is 2.49. The number of methoxy groups -OCH3 is 1. The van der Waals surface area contributed by atoms with Gasteiger partial charge in [-0.25, -0.2) is 14.4 Å². The molecule has 3 N–H and O–H groups in total. The summed E-state index contributed by atoms with van der Waals surface area (Å²) in [5.74, 6) is -3.89. The van der Waals surface area contributed by atoms with E-state index in [4.69, 9.17) is 15.2 Å². The Morgan fingerprint density at radius 3 is 2.52 bits per heavy atom. The van der Waals surface area contributed by atoms with Crippen molar-refractivity contribution in [2.45, 2.75) is 37.8 Å². The number of hydrogen-bond acceptors (Lipinski definition) is 7. The number of aromatic nitrogens is 2. The number of ether oxygens (including phenoxy) is 2. The molecule has 0 saturated heterocycles. The van der Waals surface area contributed by atoms with Crippen molar-refractivity contribution < 1.29 is 36.6 Å². The lowest BCUT2D eigenvalue weighted by Crippen LogP contribution is -2.42. The van der Waals surface area contributed by atoms with Gasteiger partial charge >= 0.3 is 6.18 Å². The average molecular weight is 603 g/mol. The molecule has 8 nitrogen and oxygen atoms in total. The highest BCUT2D eigenvalue weighted by atomic mass is 32.1. The second-order valence-electron chi connectivity index (χ2n) is 9.93. The summed E-state index contributed by atoms with van der Waals surface area (Å²) in [5, 5.41) is 3.11. The summed E-state index contributed by atoms with van der Waals surface area (Å²) in [7, 11) is 1.41. The number of carbonyl (C=O) groups excluding carboxylic acids is 2. The Morgan fingerprint density at radius 2 is 1.90 bits per heavy atom. The number of nitrogens with zero attached hydrogens (tertiary/aromatic N) is 2. The molecule has 1 aliphatic heterocycles. The Kier molecular flexibility index (Phi) is 7.56. The van der Waals surface area contributed by atoms with Gasteiger partial charge in [-0.05, 0) is 55.8 Å². The molecule has 0 bridgehead atoms. The Morgan fingerprint density at radius 1 is 1.19 bits per heavy atom. The van der Waals surface area contributed by atoms with E-state index in [-0.39, 0.29) is 41.2 Å². The first-order valence-corrected chi connectivity index (χ1v) is 13.7. The van der Waals surface area contributed by atoms with Gasteiger partial charge in [0.2, 0.25) is 5.91 Å². The molecule has 13 heteroatoms. The quantitative estimate of drug-likeness (QED) is 0.261. The molecule has 2 atom stereocenters. The number of aryl methyl sites for hydroxylation is 1. The predicted octanol–water partition coefficient (Wildman–Crippen LogP) is 5.42. The number of rotatable bonds is 8. The number of benzene rings is 2. The number of hydrogen-bond donors (Lipinski definition) is 2. The summed E-state index contributed by atoms with van der Waals surface area (Å²) in [6, 6.07) is 9.13. The van der Waals surface area contributed by atoms with E-state index in [0.29, 0.717) is 16.0 Å². The van der Waals surface area contributed by atoms with Gasteiger partial charge in [0.05, 0.1) is 22.5 Å². The standard InChI is InChI=1S/C29H26F4N4O4S/c1-4-28(27(34)39)13-41-25-18(28)11-20(37-23(25)15-5-7-17(30)8-6-15)19(29(31,32)33)12-35-26(38)16-9-21(40-3)24-22(10-16)42-14(2)36-24/h5-11,19H,4,12-13H2,1-3H3,(H2,34,39)(H,35,38)/t19?,28-/m0/s1. The monoisotopic (exact) mass is 602 g/mol. The molecule has 0 spiro atoms. The van der Waals surface area contributed by atoms with E-state index in [2.05, 4.69) is 15.3 Å². The number of halogens is 4. The van der Waals surface area contributed by atoms with Gasteiger partial charge in [0.25, 0.3) is 5.91 Å². The number of fused-ring (bicyclic) bond motifs is 2. The fraction of sp³-hybridized carbons (Fsp3) is 0.310. The molecule has 3 heterocycles. The van der Waals surface area contributed by atoms with E-state index in [1.54, 1.807) is 19.9 Å². The molecule has 4 aromatic rings. The molecule has 220 valence electrons.